The van der Waals surface area contributed by atoms with Gasteiger partial charge in [-0.2, -0.15) is 0 Å². The third kappa shape index (κ3) is 3.55. The number of hydrogen-bond acceptors (Lipinski definition) is 1. The number of halogens is 4. The molecule has 0 aliphatic rings. The molecule has 0 unspecified atom stereocenters. The molecule has 0 atom stereocenters. The van der Waals surface area contributed by atoms with Crippen molar-refractivity contribution in [2.75, 3.05) is 5.32 Å². The highest BCUT2D eigenvalue weighted by Crippen LogP contribution is 2.24. The van der Waals surface area contributed by atoms with E-state index < -0.39 is 5.82 Å². The lowest BCUT2D eigenvalue weighted by Crippen LogP contribution is -2.12. The first kappa shape index (κ1) is 14.5. The van der Waals surface area contributed by atoms with Gasteiger partial charge in [0.2, 0.25) is 0 Å². The summed E-state index contributed by atoms with van der Waals surface area (Å²) >= 11 is 12.3. The summed E-state index contributed by atoms with van der Waals surface area (Å²) in [4.78, 5) is 12.1. The Bertz CT molecular complexity index is 649. The highest BCUT2D eigenvalue weighted by Gasteiger charge is 2.11. The topological polar surface area (TPSA) is 29.1 Å². The first-order valence-electron chi connectivity index (χ1n) is 5.19. The number of rotatable bonds is 2. The van der Waals surface area contributed by atoms with E-state index in [1.807, 2.05) is 0 Å². The van der Waals surface area contributed by atoms with E-state index >= 15 is 0 Å². The van der Waals surface area contributed by atoms with Gasteiger partial charge in [0.15, 0.2) is 0 Å². The molecule has 6 heteroatoms. The van der Waals surface area contributed by atoms with Gasteiger partial charge in [-0.3, -0.25) is 4.79 Å². The fraction of sp³-hybridized carbons (Fsp3) is 0. The fourth-order valence-corrected chi connectivity index (χ4v) is 2.39. The highest BCUT2D eigenvalue weighted by molar-refractivity contribution is 9.10. The van der Waals surface area contributed by atoms with E-state index in [1.54, 1.807) is 18.2 Å². The number of amides is 1. The molecule has 0 saturated carbocycles. The number of anilines is 1. The molecule has 0 fully saturated rings. The lowest BCUT2D eigenvalue weighted by molar-refractivity contribution is 0.102. The summed E-state index contributed by atoms with van der Waals surface area (Å²) in [5.74, 6) is -0.747. The minimum atomic E-state index is -0.390. The molecule has 2 rings (SSSR count). The first-order chi connectivity index (χ1) is 8.97. The van der Waals surface area contributed by atoms with E-state index in [2.05, 4.69) is 37.2 Å². The molecule has 0 spiro atoms. The molecular formula is C13H7Br2ClFNO. The van der Waals surface area contributed by atoms with Crippen LogP contribution in [0.3, 0.4) is 0 Å². The minimum absolute atomic E-state index is 0.283. The molecule has 98 valence electrons. The normalized spacial score (nSPS) is 10.3. The van der Waals surface area contributed by atoms with E-state index in [9.17, 15) is 9.18 Å². The maximum Gasteiger partial charge on any atom is 0.257 e. The zero-order valence-corrected chi connectivity index (χ0v) is 13.3. The van der Waals surface area contributed by atoms with Crippen molar-refractivity contribution in [1.29, 1.82) is 0 Å². The van der Waals surface area contributed by atoms with Gasteiger partial charge in [-0.15, -0.1) is 0 Å². The molecule has 2 aromatic rings. The van der Waals surface area contributed by atoms with Crippen LogP contribution in [0.2, 0.25) is 5.02 Å². The number of carbonyl (C=O) groups excluding carboxylic acids is 1. The summed E-state index contributed by atoms with van der Waals surface area (Å²) in [7, 11) is 0. The smallest absolute Gasteiger partial charge is 0.257 e. The Morgan fingerprint density at radius 2 is 1.89 bits per heavy atom. The van der Waals surface area contributed by atoms with E-state index in [0.29, 0.717) is 16.3 Å². The second-order valence-electron chi connectivity index (χ2n) is 3.71. The van der Waals surface area contributed by atoms with Gasteiger partial charge < -0.3 is 5.32 Å². The van der Waals surface area contributed by atoms with Crippen LogP contribution in [0, 0.1) is 5.82 Å². The van der Waals surface area contributed by atoms with E-state index in [4.69, 9.17) is 11.6 Å². The van der Waals surface area contributed by atoms with Crippen molar-refractivity contribution >= 4 is 55.1 Å². The summed E-state index contributed by atoms with van der Waals surface area (Å²) in [6.45, 7) is 0. The average molecular weight is 407 g/mol. The summed E-state index contributed by atoms with van der Waals surface area (Å²) in [5, 5.41) is 3.00. The Labute approximate surface area is 131 Å². The predicted molar refractivity (Wildman–Crippen MR) is 81.2 cm³/mol. The van der Waals surface area contributed by atoms with Crippen molar-refractivity contribution in [3.05, 3.63) is 61.7 Å². The molecule has 1 N–H and O–H groups in total. The van der Waals surface area contributed by atoms with Crippen molar-refractivity contribution in [3.8, 4) is 0 Å². The number of carbonyl (C=O) groups is 1. The van der Waals surface area contributed by atoms with E-state index in [1.165, 1.54) is 18.2 Å². The van der Waals surface area contributed by atoms with Crippen LogP contribution in [0.15, 0.2) is 45.3 Å². The van der Waals surface area contributed by atoms with Gasteiger partial charge in [-0.05, 0) is 52.3 Å². The van der Waals surface area contributed by atoms with Crippen molar-refractivity contribution in [1.82, 2.24) is 0 Å². The number of hydrogen-bond donors (Lipinski definition) is 1. The molecule has 0 aromatic heterocycles. The van der Waals surface area contributed by atoms with Crippen molar-refractivity contribution in [2.24, 2.45) is 0 Å². The van der Waals surface area contributed by atoms with Crippen LogP contribution in [0.1, 0.15) is 10.4 Å². The van der Waals surface area contributed by atoms with Gasteiger partial charge in [0.25, 0.3) is 5.91 Å². The lowest BCUT2D eigenvalue weighted by atomic mass is 10.2. The Balaban J connectivity index is 2.25. The van der Waals surface area contributed by atoms with Crippen molar-refractivity contribution < 1.29 is 9.18 Å². The molecule has 0 saturated heterocycles. The van der Waals surface area contributed by atoms with Crippen molar-refractivity contribution in [3.63, 3.8) is 0 Å². The summed E-state index contributed by atoms with van der Waals surface area (Å²) in [5.41, 5.74) is 0.825. The van der Waals surface area contributed by atoms with Crippen LogP contribution in [0.25, 0.3) is 0 Å². The lowest BCUT2D eigenvalue weighted by Gasteiger charge is -2.08. The summed E-state index contributed by atoms with van der Waals surface area (Å²) < 4.78 is 14.1. The largest absolute Gasteiger partial charge is 0.322 e. The van der Waals surface area contributed by atoms with Gasteiger partial charge in [0.1, 0.15) is 5.82 Å². The third-order valence-corrected chi connectivity index (χ3v) is 3.78. The van der Waals surface area contributed by atoms with Gasteiger partial charge in [-0.1, -0.05) is 27.5 Å². The zero-order chi connectivity index (χ0) is 14.0. The predicted octanol–water partition coefficient (Wildman–Crippen LogP) is 5.26. The molecular weight excluding hydrogens is 400 g/mol. The molecule has 0 aliphatic heterocycles. The zero-order valence-electron chi connectivity index (χ0n) is 9.38. The molecule has 19 heavy (non-hydrogen) atoms. The third-order valence-electron chi connectivity index (χ3n) is 2.35. The molecule has 1 amide bonds. The Morgan fingerprint density at radius 1 is 1.16 bits per heavy atom. The van der Waals surface area contributed by atoms with Crippen LogP contribution in [0.4, 0.5) is 10.1 Å². The standard InChI is InChI=1S/C13H7Br2ClFNO/c14-7-1-3-11(16)9(5-7)13(19)18-8-2-4-12(17)10(15)6-8/h1-6H,(H,18,19). The molecule has 0 radical (unpaired) electrons. The minimum Gasteiger partial charge on any atom is -0.322 e. The Kier molecular flexibility index (Phi) is 4.60. The number of benzene rings is 2. The van der Waals surface area contributed by atoms with Crippen LogP contribution in [-0.4, -0.2) is 5.91 Å². The molecule has 0 aliphatic carbocycles. The van der Waals surface area contributed by atoms with Gasteiger partial charge >= 0.3 is 0 Å². The highest BCUT2D eigenvalue weighted by atomic mass is 79.9. The fourth-order valence-electron chi connectivity index (χ4n) is 1.44. The van der Waals surface area contributed by atoms with Gasteiger partial charge in [0, 0.05) is 10.2 Å². The monoisotopic (exact) mass is 405 g/mol. The molecule has 0 heterocycles. The van der Waals surface area contributed by atoms with Gasteiger partial charge in [-0.25, -0.2) is 4.39 Å². The summed E-state index contributed by atoms with van der Waals surface area (Å²) in [6.07, 6.45) is 0. The average Bonchev–Trinajstić information content (AvgIpc) is 2.36. The summed E-state index contributed by atoms with van der Waals surface area (Å²) in [6, 6.07) is 9.22. The van der Waals surface area contributed by atoms with Crippen molar-refractivity contribution in [2.45, 2.75) is 0 Å². The maximum absolute atomic E-state index is 13.1. The quantitative estimate of drug-likeness (QED) is 0.723. The van der Waals surface area contributed by atoms with E-state index in [-0.39, 0.29) is 10.4 Å². The molecule has 0 bridgehead atoms. The van der Waals surface area contributed by atoms with Gasteiger partial charge in [0.05, 0.1) is 15.1 Å². The van der Waals surface area contributed by atoms with Crippen LogP contribution in [0.5, 0.6) is 0 Å². The van der Waals surface area contributed by atoms with E-state index in [0.717, 1.165) is 4.47 Å². The Morgan fingerprint density at radius 3 is 2.58 bits per heavy atom. The molecule has 2 nitrogen and oxygen atoms in total. The Hall–Kier alpha value is -0.910. The second kappa shape index (κ2) is 6.03. The SMILES string of the molecule is O=C(Nc1ccc(F)c(Br)c1)c1cc(Br)ccc1Cl. The second-order valence-corrected chi connectivity index (χ2v) is 5.88. The molecule has 2 aromatic carbocycles. The van der Waals surface area contributed by atoms with Crippen LogP contribution < -0.4 is 5.32 Å². The number of nitrogens with one attached hydrogen (secondary N) is 1. The first-order valence-corrected chi connectivity index (χ1v) is 7.15. The maximum atomic E-state index is 13.1. The van der Waals surface area contributed by atoms with Crippen LogP contribution >= 0.6 is 43.5 Å². The van der Waals surface area contributed by atoms with Crippen LogP contribution in [-0.2, 0) is 0 Å².